The van der Waals surface area contributed by atoms with E-state index in [0.717, 1.165) is 16.8 Å². The summed E-state index contributed by atoms with van der Waals surface area (Å²) < 4.78 is 5.03. The third-order valence-electron chi connectivity index (χ3n) is 2.63. The van der Waals surface area contributed by atoms with E-state index in [4.69, 9.17) is 4.74 Å². The van der Waals surface area contributed by atoms with Crippen molar-refractivity contribution in [3.63, 3.8) is 0 Å². The highest BCUT2D eigenvalue weighted by Gasteiger charge is 2.08. The third kappa shape index (κ3) is 1.27. The fourth-order valence-electron chi connectivity index (χ4n) is 1.84. The molecule has 0 bridgehead atoms. The molecule has 80 valence electrons. The van der Waals surface area contributed by atoms with Gasteiger partial charge in [0.15, 0.2) is 0 Å². The van der Waals surface area contributed by atoms with E-state index >= 15 is 0 Å². The molecule has 4 heteroatoms. The molecule has 0 amide bonds. The van der Waals surface area contributed by atoms with Crippen molar-refractivity contribution in [1.29, 1.82) is 0 Å². The van der Waals surface area contributed by atoms with Crippen LogP contribution in [0, 0.1) is 0 Å². The molecule has 0 aliphatic carbocycles. The minimum absolute atomic E-state index is 0.528. The Kier molecular flexibility index (Phi) is 1.93. The van der Waals surface area contributed by atoms with Gasteiger partial charge in [-0.3, -0.25) is 0 Å². The van der Waals surface area contributed by atoms with Crippen LogP contribution in [0.15, 0.2) is 36.7 Å². The van der Waals surface area contributed by atoms with E-state index in [1.807, 2.05) is 24.4 Å². The van der Waals surface area contributed by atoms with Gasteiger partial charge in [0, 0.05) is 22.7 Å². The molecule has 2 aromatic heterocycles. The predicted octanol–water partition coefficient (Wildman–Crippen LogP) is 2.57. The van der Waals surface area contributed by atoms with Crippen LogP contribution in [0.2, 0.25) is 0 Å². The molecule has 0 aliphatic rings. The van der Waals surface area contributed by atoms with Gasteiger partial charge in [-0.15, -0.1) is 0 Å². The summed E-state index contributed by atoms with van der Waals surface area (Å²) in [5, 5.41) is 1.17. The highest BCUT2D eigenvalue weighted by molar-refractivity contribution is 5.94. The Morgan fingerprint density at radius 1 is 1.25 bits per heavy atom. The van der Waals surface area contributed by atoms with Crippen LogP contribution >= 0.6 is 0 Å². The largest absolute Gasteiger partial charge is 0.468 e. The molecule has 0 fully saturated rings. The van der Waals surface area contributed by atoms with Crippen molar-refractivity contribution in [3.8, 4) is 17.3 Å². The second-order valence-corrected chi connectivity index (χ2v) is 3.55. The lowest BCUT2D eigenvalue weighted by Crippen LogP contribution is -1.83. The molecule has 0 unspecified atom stereocenters. The number of hydrogen-bond donors (Lipinski definition) is 2. The topological polar surface area (TPSA) is 53.7 Å². The maximum Gasteiger partial charge on any atom is 0.293 e. The molecule has 2 N–H and O–H groups in total. The maximum absolute atomic E-state index is 5.03. The lowest BCUT2D eigenvalue weighted by Gasteiger charge is -1.94. The lowest BCUT2D eigenvalue weighted by molar-refractivity contribution is 0.384. The Labute approximate surface area is 92.3 Å². The van der Waals surface area contributed by atoms with E-state index in [1.165, 1.54) is 5.39 Å². The molecule has 1 aromatic carbocycles. The number of rotatable bonds is 2. The highest BCUT2D eigenvalue weighted by Crippen LogP contribution is 2.27. The summed E-state index contributed by atoms with van der Waals surface area (Å²) in [7, 11) is 1.60. The van der Waals surface area contributed by atoms with Gasteiger partial charge in [0.2, 0.25) is 0 Å². The smallest absolute Gasteiger partial charge is 0.293 e. The summed E-state index contributed by atoms with van der Waals surface area (Å²) in [4.78, 5) is 10.4. The highest BCUT2D eigenvalue weighted by atomic mass is 16.5. The summed E-state index contributed by atoms with van der Waals surface area (Å²) in [6.45, 7) is 0. The molecule has 3 rings (SSSR count). The third-order valence-corrected chi connectivity index (χ3v) is 2.63. The summed E-state index contributed by atoms with van der Waals surface area (Å²) in [6, 6.07) is 8.69. The van der Waals surface area contributed by atoms with Gasteiger partial charge < -0.3 is 14.7 Å². The zero-order valence-corrected chi connectivity index (χ0v) is 8.82. The van der Waals surface area contributed by atoms with Crippen LogP contribution in [0.3, 0.4) is 0 Å². The van der Waals surface area contributed by atoms with Gasteiger partial charge in [0.25, 0.3) is 6.01 Å². The number of fused-ring (bicyclic) bond motifs is 1. The van der Waals surface area contributed by atoms with Crippen LogP contribution in [0.5, 0.6) is 6.01 Å². The van der Waals surface area contributed by atoms with E-state index in [2.05, 4.69) is 21.0 Å². The van der Waals surface area contributed by atoms with Crippen molar-refractivity contribution in [2.24, 2.45) is 0 Å². The van der Waals surface area contributed by atoms with Crippen molar-refractivity contribution >= 4 is 10.9 Å². The summed E-state index contributed by atoms with van der Waals surface area (Å²) in [6.07, 6.45) is 3.74. The Hall–Kier alpha value is -2.23. The fraction of sp³-hybridized carbons (Fsp3) is 0.0833. The van der Waals surface area contributed by atoms with Crippen LogP contribution < -0.4 is 4.74 Å². The summed E-state index contributed by atoms with van der Waals surface area (Å²) in [5.41, 5.74) is 3.17. The average Bonchev–Trinajstić information content (AvgIpc) is 2.94. The van der Waals surface area contributed by atoms with E-state index in [0.29, 0.717) is 6.01 Å². The second kappa shape index (κ2) is 3.41. The molecule has 0 radical (unpaired) electrons. The summed E-state index contributed by atoms with van der Waals surface area (Å²) in [5.74, 6) is 0. The quantitative estimate of drug-likeness (QED) is 0.687. The maximum atomic E-state index is 5.03. The Bertz CT molecular complexity index is 624. The average molecular weight is 213 g/mol. The van der Waals surface area contributed by atoms with Gasteiger partial charge in [0.1, 0.15) is 0 Å². The first-order valence-corrected chi connectivity index (χ1v) is 5.04. The zero-order chi connectivity index (χ0) is 11.0. The standard InChI is InChI=1S/C12H11N3O/c1-16-12-14-7-11(15-12)9-6-13-10-5-3-2-4-8(9)10/h2-7,13H,1H3,(H,14,15). The number of imidazole rings is 1. The molecule has 0 saturated carbocycles. The number of methoxy groups -OCH3 is 1. The van der Waals surface area contributed by atoms with Gasteiger partial charge >= 0.3 is 0 Å². The van der Waals surface area contributed by atoms with Gasteiger partial charge in [-0.05, 0) is 6.07 Å². The van der Waals surface area contributed by atoms with Crippen LogP contribution in [-0.4, -0.2) is 22.1 Å². The number of hydrogen-bond acceptors (Lipinski definition) is 2. The van der Waals surface area contributed by atoms with Gasteiger partial charge in [-0.1, -0.05) is 18.2 Å². The van der Waals surface area contributed by atoms with Crippen molar-refractivity contribution in [1.82, 2.24) is 15.0 Å². The molecule has 0 aliphatic heterocycles. The monoisotopic (exact) mass is 213 g/mol. The number of nitrogens with zero attached hydrogens (tertiary/aromatic N) is 1. The number of aromatic nitrogens is 3. The lowest BCUT2D eigenvalue weighted by atomic mass is 10.1. The number of H-pyrrole nitrogens is 2. The SMILES string of the molecule is COc1ncc(-c2c[nH]c3ccccc23)[nH]1. The summed E-state index contributed by atoms with van der Waals surface area (Å²) >= 11 is 0. The molecule has 0 spiro atoms. The molecular formula is C12H11N3O. The van der Waals surface area contributed by atoms with Crippen molar-refractivity contribution in [2.75, 3.05) is 7.11 Å². The zero-order valence-electron chi connectivity index (χ0n) is 8.82. The van der Waals surface area contributed by atoms with Crippen molar-refractivity contribution in [3.05, 3.63) is 36.7 Å². The van der Waals surface area contributed by atoms with Crippen LogP contribution in [-0.2, 0) is 0 Å². The second-order valence-electron chi connectivity index (χ2n) is 3.55. The fourth-order valence-corrected chi connectivity index (χ4v) is 1.84. The molecule has 3 aromatic rings. The first-order chi connectivity index (χ1) is 7.88. The van der Waals surface area contributed by atoms with Gasteiger partial charge in [-0.25, -0.2) is 4.98 Å². The van der Waals surface area contributed by atoms with E-state index in [-0.39, 0.29) is 0 Å². The van der Waals surface area contributed by atoms with Crippen molar-refractivity contribution < 1.29 is 4.74 Å². The molecule has 0 atom stereocenters. The first kappa shape index (κ1) is 9.03. The minimum atomic E-state index is 0.528. The number of para-hydroxylation sites is 1. The molecule has 2 heterocycles. The normalized spacial score (nSPS) is 10.8. The van der Waals surface area contributed by atoms with Gasteiger partial charge in [-0.2, -0.15) is 0 Å². The number of aromatic amines is 2. The van der Waals surface area contributed by atoms with Gasteiger partial charge in [0.05, 0.1) is 19.0 Å². The number of ether oxygens (including phenoxy) is 1. The van der Waals surface area contributed by atoms with Crippen LogP contribution in [0.4, 0.5) is 0 Å². The van der Waals surface area contributed by atoms with E-state index in [1.54, 1.807) is 13.3 Å². The molecule has 16 heavy (non-hydrogen) atoms. The molecule has 0 saturated heterocycles. The number of benzene rings is 1. The first-order valence-electron chi connectivity index (χ1n) is 5.04. The predicted molar refractivity (Wildman–Crippen MR) is 62.4 cm³/mol. The van der Waals surface area contributed by atoms with Crippen LogP contribution in [0.25, 0.3) is 22.2 Å². The Balaban J connectivity index is 2.18. The molecular weight excluding hydrogens is 202 g/mol. The number of nitrogens with one attached hydrogen (secondary N) is 2. The van der Waals surface area contributed by atoms with Crippen molar-refractivity contribution in [2.45, 2.75) is 0 Å². The minimum Gasteiger partial charge on any atom is -0.468 e. The van der Waals surface area contributed by atoms with E-state index < -0.39 is 0 Å². The molecule has 4 nitrogen and oxygen atoms in total. The Morgan fingerprint density at radius 2 is 2.12 bits per heavy atom. The Morgan fingerprint density at radius 3 is 2.94 bits per heavy atom. The van der Waals surface area contributed by atoms with Crippen LogP contribution in [0.1, 0.15) is 0 Å². The van der Waals surface area contributed by atoms with E-state index in [9.17, 15) is 0 Å².